The van der Waals surface area contributed by atoms with Crippen molar-refractivity contribution in [2.75, 3.05) is 12.4 Å². The van der Waals surface area contributed by atoms with Crippen molar-refractivity contribution >= 4 is 5.69 Å². The van der Waals surface area contributed by atoms with Crippen molar-refractivity contribution in [3.8, 4) is 5.75 Å². The van der Waals surface area contributed by atoms with Gasteiger partial charge in [0.1, 0.15) is 12.4 Å². The Balaban J connectivity index is 2.16. The smallest absolute Gasteiger partial charge is 0.143 e. The lowest BCUT2D eigenvalue weighted by molar-refractivity contribution is 0.307. The largest absolute Gasteiger partial charge is 0.487 e. The first-order chi connectivity index (χ1) is 9.20. The summed E-state index contributed by atoms with van der Waals surface area (Å²) in [4.78, 5) is 0. The molecule has 2 rings (SSSR count). The van der Waals surface area contributed by atoms with E-state index in [1.54, 1.807) is 0 Å². The molecule has 2 heteroatoms. The first kappa shape index (κ1) is 13.5. The summed E-state index contributed by atoms with van der Waals surface area (Å²) < 4.78 is 5.94. The van der Waals surface area contributed by atoms with E-state index in [4.69, 9.17) is 4.74 Å². The summed E-state index contributed by atoms with van der Waals surface area (Å²) in [5.41, 5.74) is 3.50. The van der Waals surface area contributed by atoms with Crippen molar-refractivity contribution in [3.63, 3.8) is 0 Å². The Hall–Kier alpha value is -1.96. The lowest BCUT2D eigenvalue weighted by Gasteiger charge is -2.14. The van der Waals surface area contributed by atoms with Gasteiger partial charge in [-0.05, 0) is 29.2 Å². The minimum atomic E-state index is 0.505. The van der Waals surface area contributed by atoms with Gasteiger partial charge in [0.25, 0.3) is 0 Å². The molecule has 2 aromatic carbocycles. The number of nitrogens with one attached hydrogen (secondary N) is 1. The zero-order valence-electron chi connectivity index (χ0n) is 11.8. The van der Waals surface area contributed by atoms with E-state index in [-0.39, 0.29) is 0 Å². The number of ether oxygens (including phenoxy) is 1. The molecule has 0 saturated heterocycles. The molecule has 2 nitrogen and oxygen atoms in total. The van der Waals surface area contributed by atoms with Gasteiger partial charge in [0.15, 0.2) is 0 Å². The van der Waals surface area contributed by atoms with Crippen LogP contribution in [0.25, 0.3) is 0 Å². The molecule has 0 aliphatic carbocycles. The maximum absolute atomic E-state index is 5.94. The Morgan fingerprint density at radius 1 is 1.05 bits per heavy atom. The van der Waals surface area contributed by atoms with Gasteiger partial charge in [0.2, 0.25) is 0 Å². The van der Waals surface area contributed by atoms with E-state index >= 15 is 0 Å². The summed E-state index contributed by atoms with van der Waals surface area (Å²) in [5.74, 6) is 1.42. The molecule has 0 saturated carbocycles. The summed E-state index contributed by atoms with van der Waals surface area (Å²) in [6.45, 7) is 4.97. The fourth-order valence-electron chi connectivity index (χ4n) is 1.96. The average Bonchev–Trinajstić information content (AvgIpc) is 2.45. The Kier molecular flexibility index (Phi) is 4.45. The predicted octanol–water partition coefficient (Wildman–Crippen LogP) is 4.43. The molecule has 0 spiro atoms. The second-order valence-electron chi connectivity index (χ2n) is 4.93. The molecule has 0 unspecified atom stereocenters. The van der Waals surface area contributed by atoms with Crippen molar-refractivity contribution < 1.29 is 4.74 Å². The van der Waals surface area contributed by atoms with Gasteiger partial charge in [-0.15, -0.1) is 0 Å². The Morgan fingerprint density at radius 2 is 1.79 bits per heavy atom. The molecule has 0 radical (unpaired) electrons. The van der Waals surface area contributed by atoms with Crippen LogP contribution in [0.3, 0.4) is 0 Å². The zero-order valence-corrected chi connectivity index (χ0v) is 11.8. The van der Waals surface area contributed by atoms with Gasteiger partial charge < -0.3 is 10.1 Å². The van der Waals surface area contributed by atoms with Crippen LogP contribution in [-0.4, -0.2) is 7.05 Å². The first-order valence-corrected chi connectivity index (χ1v) is 6.69. The van der Waals surface area contributed by atoms with Crippen LogP contribution in [0.4, 0.5) is 5.69 Å². The summed E-state index contributed by atoms with van der Waals surface area (Å²) in [5, 5.41) is 3.17. The van der Waals surface area contributed by atoms with Crippen LogP contribution in [0.15, 0.2) is 48.5 Å². The molecule has 0 atom stereocenters. The van der Waals surface area contributed by atoms with Gasteiger partial charge in [-0.25, -0.2) is 0 Å². The minimum Gasteiger partial charge on any atom is -0.487 e. The molecule has 0 amide bonds. The molecular weight excluding hydrogens is 234 g/mol. The van der Waals surface area contributed by atoms with Crippen LogP contribution in [0, 0.1) is 0 Å². The second kappa shape index (κ2) is 6.28. The lowest BCUT2D eigenvalue weighted by atomic mass is 10.0. The Morgan fingerprint density at radius 3 is 2.42 bits per heavy atom. The minimum absolute atomic E-state index is 0.505. The maximum atomic E-state index is 5.94. The first-order valence-electron chi connectivity index (χ1n) is 6.69. The van der Waals surface area contributed by atoms with Crippen molar-refractivity contribution in [1.82, 2.24) is 0 Å². The standard InChI is InChI=1S/C17H21NO/c1-13(2)15-9-10-16(18-3)17(11-15)19-12-14-7-5-4-6-8-14/h4-11,13,18H,12H2,1-3H3. The van der Waals surface area contributed by atoms with Gasteiger partial charge in [0.05, 0.1) is 5.69 Å². The average molecular weight is 255 g/mol. The topological polar surface area (TPSA) is 21.3 Å². The molecule has 2 aromatic rings. The summed E-state index contributed by atoms with van der Waals surface area (Å²) in [7, 11) is 1.92. The van der Waals surface area contributed by atoms with E-state index < -0.39 is 0 Å². The van der Waals surface area contributed by atoms with Crippen LogP contribution in [0.5, 0.6) is 5.75 Å². The monoisotopic (exact) mass is 255 g/mol. The molecule has 0 bridgehead atoms. The third-order valence-corrected chi connectivity index (χ3v) is 3.18. The normalized spacial score (nSPS) is 10.5. The van der Waals surface area contributed by atoms with Crippen molar-refractivity contribution in [3.05, 3.63) is 59.7 Å². The van der Waals surface area contributed by atoms with Gasteiger partial charge in [-0.1, -0.05) is 50.2 Å². The van der Waals surface area contributed by atoms with Crippen molar-refractivity contribution in [2.45, 2.75) is 26.4 Å². The number of hydrogen-bond donors (Lipinski definition) is 1. The highest BCUT2D eigenvalue weighted by Crippen LogP contribution is 2.29. The van der Waals surface area contributed by atoms with Gasteiger partial charge in [0, 0.05) is 7.05 Å². The third-order valence-electron chi connectivity index (χ3n) is 3.18. The third kappa shape index (κ3) is 3.50. The molecule has 100 valence electrons. The number of rotatable bonds is 5. The molecule has 0 heterocycles. The molecule has 0 aliphatic heterocycles. The van der Waals surface area contributed by atoms with Crippen LogP contribution >= 0.6 is 0 Å². The van der Waals surface area contributed by atoms with Gasteiger partial charge >= 0.3 is 0 Å². The maximum Gasteiger partial charge on any atom is 0.143 e. The number of anilines is 1. The van der Waals surface area contributed by atoms with Crippen LogP contribution in [0.1, 0.15) is 30.9 Å². The zero-order chi connectivity index (χ0) is 13.7. The molecule has 0 aromatic heterocycles. The quantitative estimate of drug-likeness (QED) is 0.853. The van der Waals surface area contributed by atoms with Gasteiger partial charge in [-0.3, -0.25) is 0 Å². The van der Waals surface area contributed by atoms with Gasteiger partial charge in [-0.2, -0.15) is 0 Å². The fraction of sp³-hybridized carbons (Fsp3) is 0.294. The van der Waals surface area contributed by atoms with E-state index in [2.05, 4.69) is 49.5 Å². The molecular formula is C17H21NO. The Bertz CT molecular complexity index is 520. The van der Waals surface area contributed by atoms with E-state index in [0.717, 1.165) is 11.4 Å². The second-order valence-corrected chi connectivity index (χ2v) is 4.93. The van der Waals surface area contributed by atoms with Crippen molar-refractivity contribution in [2.24, 2.45) is 0 Å². The molecule has 0 aliphatic rings. The van der Waals surface area contributed by atoms with E-state index in [0.29, 0.717) is 12.5 Å². The lowest BCUT2D eigenvalue weighted by Crippen LogP contribution is -2.00. The highest BCUT2D eigenvalue weighted by atomic mass is 16.5. The van der Waals surface area contributed by atoms with E-state index in [9.17, 15) is 0 Å². The highest BCUT2D eigenvalue weighted by molar-refractivity contribution is 5.57. The van der Waals surface area contributed by atoms with Crippen LogP contribution in [0.2, 0.25) is 0 Å². The number of benzene rings is 2. The summed E-state index contributed by atoms with van der Waals surface area (Å²) >= 11 is 0. The summed E-state index contributed by atoms with van der Waals surface area (Å²) in [6, 6.07) is 16.6. The van der Waals surface area contributed by atoms with E-state index in [1.165, 1.54) is 11.1 Å². The fourth-order valence-corrected chi connectivity index (χ4v) is 1.96. The highest BCUT2D eigenvalue weighted by Gasteiger charge is 2.06. The van der Waals surface area contributed by atoms with Crippen LogP contribution in [-0.2, 0) is 6.61 Å². The predicted molar refractivity (Wildman–Crippen MR) is 80.9 cm³/mol. The molecule has 19 heavy (non-hydrogen) atoms. The van der Waals surface area contributed by atoms with Crippen LogP contribution < -0.4 is 10.1 Å². The van der Waals surface area contributed by atoms with Crippen molar-refractivity contribution in [1.29, 1.82) is 0 Å². The molecule has 1 N–H and O–H groups in total. The molecule has 0 fully saturated rings. The summed E-state index contributed by atoms with van der Waals surface area (Å²) in [6.07, 6.45) is 0. The Labute approximate surface area is 115 Å². The number of hydrogen-bond acceptors (Lipinski definition) is 2. The SMILES string of the molecule is CNc1ccc(C(C)C)cc1OCc1ccccc1. The van der Waals surface area contributed by atoms with E-state index in [1.807, 2.05) is 25.2 Å².